The molecule has 1 aliphatic carbocycles. The van der Waals surface area contributed by atoms with Crippen molar-refractivity contribution in [3.8, 4) is 0 Å². The maximum atomic E-state index is 13.5. The summed E-state index contributed by atoms with van der Waals surface area (Å²) in [5.41, 5.74) is 9.67. The Morgan fingerprint density at radius 2 is 2.00 bits per heavy atom. The maximum Gasteiger partial charge on any atom is 0.123 e. The summed E-state index contributed by atoms with van der Waals surface area (Å²) in [6.07, 6.45) is 6.26. The summed E-state index contributed by atoms with van der Waals surface area (Å²) in [5.74, 6) is 0.346. The van der Waals surface area contributed by atoms with Crippen molar-refractivity contribution in [2.24, 2.45) is 11.7 Å². The van der Waals surface area contributed by atoms with E-state index in [1.54, 1.807) is 12.1 Å². The first-order valence-electron chi connectivity index (χ1n) is 7.20. The van der Waals surface area contributed by atoms with Crippen LogP contribution in [0.15, 0.2) is 18.2 Å². The van der Waals surface area contributed by atoms with E-state index < -0.39 is 0 Å². The van der Waals surface area contributed by atoms with Gasteiger partial charge < -0.3 is 10.7 Å². The van der Waals surface area contributed by atoms with Gasteiger partial charge in [0, 0.05) is 22.6 Å². The van der Waals surface area contributed by atoms with Gasteiger partial charge in [0.25, 0.3) is 0 Å². The van der Waals surface area contributed by atoms with Gasteiger partial charge in [0.1, 0.15) is 5.82 Å². The number of fused-ring (bicyclic) bond motifs is 1. The topological polar surface area (TPSA) is 41.8 Å². The van der Waals surface area contributed by atoms with Crippen LogP contribution in [0.25, 0.3) is 10.9 Å². The van der Waals surface area contributed by atoms with Crippen LogP contribution in [-0.4, -0.2) is 4.98 Å². The number of hydrogen-bond donors (Lipinski definition) is 2. The van der Waals surface area contributed by atoms with E-state index >= 15 is 0 Å². The Morgan fingerprint density at radius 1 is 1.26 bits per heavy atom. The normalized spacial score (nSPS) is 18.9. The zero-order valence-electron chi connectivity index (χ0n) is 11.4. The summed E-state index contributed by atoms with van der Waals surface area (Å²) in [6.45, 7) is 2.04. The third-order valence-electron chi connectivity index (χ3n) is 4.49. The molecule has 1 fully saturated rings. The molecule has 0 amide bonds. The Balaban J connectivity index is 2.02. The highest BCUT2D eigenvalue weighted by Crippen LogP contribution is 2.37. The van der Waals surface area contributed by atoms with E-state index in [9.17, 15) is 4.39 Å². The van der Waals surface area contributed by atoms with Crippen molar-refractivity contribution in [1.29, 1.82) is 0 Å². The molecule has 1 aromatic carbocycles. The highest BCUT2D eigenvalue weighted by atomic mass is 19.1. The second kappa shape index (κ2) is 4.97. The van der Waals surface area contributed by atoms with E-state index in [0.29, 0.717) is 5.92 Å². The van der Waals surface area contributed by atoms with Crippen LogP contribution in [0.1, 0.15) is 49.4 Å². The SMILES string of the molecule is Cc1[nH]c2ccc(F)cc2c1C(N)C1CCCCC1. The van der Waals surface area contributed by atoms with Crippen molar-refractivity contribution in [2.45, 2.75) is 45.1 Å². The maximum absolute atomic E-state index is 13.5. The Labute approximate surface area is 113 Å². The van der Waals surface area contributed by atoms with Gasteiger partial charge in [-0.2, -0.15) is 0 Å². The fourth-order valence-corrected chi connectivity index (χ4v) is 3.48. The van der Waals surface area contributed by atoms with E-state index in [2.05, 4.69) is 4.98 Å². The number of aromatic nitrogens is 1. The third kappa shape index (κ3) is 2.27. The number of benzene rings is 1. The van der Waals surface area contributed by atoms with E-state index in [1.165, 1.54) is 38.2 Å². The predicted octanol–water partition coefficient (Wildman–Crippen LogP) is 4.20. The molecular formula is C16H21FN2. The lowest BCUT2D eigenvalue weighted by Crippen LogP contribution is -2.24. The molecule has 3 rings (SSSR count). The average molecular weight is 260 g/mol. The number of H-pyrrole nitrogens is 1. The molecule has 1 heterocycles. The monoisotopic (exact) mass is 260 g/mol. The average Bonchev–Trinajstić information content (AvgIpc) is 2.74. The van der Waals surface area contributed by atoms with E-state index in [-0.39, 0.29) is 11.9 Å². The molecule has 3 N–H and O–H groups in total. The Morgan fingerprint density at radius 3 is 2.74 bits per heavy atom. The highest BCUT2D eigenvalue weighted by Gasteiger charge is 2.25. The number of nitrogens with one attached hydrogen (secondary N) is 1. The van der Waals surface area contributed by atoms with Crippen LogP contribution < -0.4 is 5.73 Å². The zero-order valence-corrected chi connectivity index (χ0v) is 11.4. The summed E-state index contributed by atoms with van der Waals surface area (Å²) in [5, 5.41) is 0.954. The Hall–Kier alpha value is -1.35. The molecule has 2 nitrogen and oxygen atoms in total. The smallest absolute Gasteiger partial charge is 0.123 e. The molecule has 1 atom stereocenters. The minimum absolute atomic E-state index is 0.0239. The second-order valence-corrected chi connectivity index (χ2v) is 5.78. The molecule has 1 aromatic heterocycles. The van der Waals surface area contributed by atoms with Crippen molar-refractivity contribution < 1.29 is 4.39 Å². The number of aromatic amines is 1. The number of hydrogen-bond acceptors (Lipinski definition) is 1. The number of aryl methyl sites for hydroxylation is 1. The lowest BCUT2D eigenvalue weighted by Gasteiger charge is -2.28. The Kier molecular flexibility index (Phi) is 3.31. The van der Waals surface area contributed by atoms with Crippen LogP contribution in [0, 0.1) is 18.7 Å². The second-order valence-electron chi connectivity index (χ2n) is 5.78. The summed E-state index contributed by atoms with van der Waals surface area (Å²) >= 11 is 0. The van der Waals surface area contributed by atoms with Gasteiger partial charge in [-0.1, -0.05) is 19.3 Å². The summed E-state index contributed by atoms with van der Waals surface area (Å²) < 4.78 is 13.5. The molecule has 2 aromatic rings. The minimum atomic E-state index is -0.191. The first-order chi connectivity index (χ1) is 9.16. The van der Waals surface area contributed by atoms with Gasteiger partial charge in [0.15, 0.2) is 0 Å². The minimum Gasteiger partial charge on any atom is -0.358 e. The van der Waals surface area contributed by atoms with Crippen molar-refractivity contribution in [2.75, 3.05) is 0 Å². The molecule has 0 bridgehead atoms. The fourth-order valence-electron chi connectivity index (χ4n) is 3.48. The van der Waals surface area contributed by atoms with E-state index in [4.69, 9.17) is 5.73 Å². The van der Waals surface area contributed by atoms with Gasteiger partial charge in [0.2, 0.25) is 0 Å². The lowest BCUT2D eigenvalue weighted by molar-refractivity contribution is 0.308. The molecule has 1 unspecified atom stereocenters. The number of nitrogens with two attached hydrogens (primary N) is 1. The molecule has 0 saturated heterocycles. The first-order valence-corrected chi connectivity index (χ1v) is 7.20. The van der Waals surface area contributed by atoms with Crippen LogP contribution in [0.3, 0.4) is 0 Å². The summed E-state index contributed by atoms with van der Waals surface area (Å²) in [4.78, 5) is 3.33. The van der Waals surface area contributed by atoms with Gasteiger partial charge in [0.05, 0.1) is 0 Å². The quantitative estimate of drug-likeness (QED) is 0.835. The Bertz CT molecular complexity index is 582. The van der Waals surface area contributed by atoms with Crippen LogP contribution in [0.2, 0.25) is 0 Å². The zero-order chi connectivity index (χ0) is 13.4. The molecule has 1 aliphatic rings. The van der Waals surface area contributed by atoms with Gasteiger partial charge in [-0.05, 0) is 49.4 Å². The standard InChI is InChI=1S/C16H21FN2/c1-10-15(16(18)11-5-3-2-4-6-11)13-9-12(17)7-8-14(13)19-10/h7-9,11,16,19H,2-6,18H2,1H3. The molecule has 0 radical (unpaired) electrons. The fraction of sp³-hybridized carbons (Fsp3) is 0.500. The van der Waals surface area contributed by atoms with E-state index in [1.807, 2.05) is 6.92 Å². The molecule has 0 aliphatic heterocycles. The summed E-state index contributed by atoms with van der Waals surface area (Å²) in [6, 6.07) is 4.93. The van der Waals surface area contributed by atoms with Gasteiger partial charge in [-0.25, -0.2) is 4.39 Å². The number of halogens is 1. The molecule has 19 heavy (non-hydrogen) atoms. The van der Waals surface area contributed by atoms with Crippen molar-refractivity contribution in [3.05, 3.63) is 35.3 Å². The van der Waals surface area contributed by atoms with Crippen LogP contribution in [-0.2, 0) is 0 Å². The number of rotatable bonds is 2. The molecule has 1 saturated carbocycles. The lowest BCUT2D eigenvalue weighted by atomic mass is 9.81. The van der Waals surface area contributed by atoms with Gasteiger partial charge in [-0.15, -0.1) is 0 Å². The van der Waals surface area contributed by atoms with Crippen molar-refractivity contribution >= 4 is 10.9 Å². The van der Waals surface area contributed by atoms with Gasteiger partial charge in [-0.3, -0.25) is 0 Å². The van der Waals surface area contributed by atoms with Crippen LogP contribution in [0.5, 0.6) is 0 Å². The first kappa shape index (κ1) is 12.7. The van der Waals surface area contributed by atoms with Crippen LogP contribution in [0.4, 0.5) is 4.39 Å². The van der Waals surface area contributed by atoms with Crippen molar-refractivity contribution in [3.63, 3.8) is 0 Å². The largest absolute Gasteiger partial charge is 0.358 e. The van der Waals surface area contributed by atoms with E-state index in [0.717, 1.165) is 22.2 Å². The molecular weight excluding hydrogens is 239 g/mol. The van der Waals surface area contributed by atoms with Crippen molar-refractivity contribution in [1.82, 2.24) is 4.98 Å². The molecule has 0 spiro atoms. The summed E-state index contributed by atoms with van der Waals surface area (Å²) in [7, 11) is 0. The third-order valence-corrected chi connectivity index (χ3v) is 4.49. The highest BCUT2D eigenvalue weighted by molar-refractivity contribution is 5.85. The van der Waals surface area contributed by atoms with Crippen LogP contribution >= 0.6 is 0 Å². The van der Waals surface area contributed by atoms with Gasteiger partial charge >= 0.3 is 0 Å². The molecule has 102 valence electrons. The molecule has 3 heteroatoms. The predicted molar refractivity (Wildman–Crippen MR) is 76.5 cm³/mol.